The van der Waals surface area contributed by atoms with Gasteiger partial charge in [0, 0.05) is 19.3 Å². The maximum absolute atomic E-state index is 12.9. The fourth-order valence-electron chi connectivity index (χ4n) is 8.76. The van der Waals surface area contributed by atoms with Crippen LogP contribution in [0.2, 0.25) is 0 Å². The molecule has 0 aliphatic rings. The molecule has 0 radical (unpaired) electrons. The summed E-state index contributed by atoms with van der Waals surface area (Å²) in [7, 11) is 0. The lowest BCUT2D eigenvalue weighted by molar-refractivity contribution is -0.167. The lowest BCUT2D eigenvalue weighted by Crippen LogP contribution is -2.30. The number of esters is 3. The molecule has 6 nitrogen and oxygen atoms in total. The van der Waals surface area contributed by atoms with Gasteiger partial charge in [-0.25, -0.2) is 0 Å². The molecule has 0 aromatic carbocycles. The van der Waals surface area contributed by atoms with Gasteiger partial charge in [-0.05, 0) is 37.0 Å². The van der Waals surface area contributed by atoms with Crippen molar-refractivity contribution >= 4 is 17.9 Å². The Morgan fingerprint density at radius 1 is 0.312 bits per heavy atom. The highest BCUT2D eigenvalue weighted by Crippen LogP contribution is 2.19. The lowest BCUT2D eigenvalue weighted by atomic mass is 9.99. The predicted octanol–water partition coefficient (Wildman–Crippen LogP) is 18.7. The SMILES string of the molecule is CCC(C)CCCCCCCCCCCCCCCCC(=O)O[C@H](COC(=O)CCCCCCCCCCCCCC(C)C)COC(=O)CCCCCCCCCCCCC(C)CC. The van der Waals surface area contributed by atoms with E-state index in [1.165, 1.54) is 199 Å². The van der Waals surface area contributed by atoms with Crippen molar-refractivity contribution in [2.45, 2.75) is 324 Å². The van der Waals surface area contributed by atoms with Gasteiger partial charge in [-0.15, -0.1) is 0 Å². The van der Waals surface area contributed by atoms with Crippen LogP contribution in [0.4, 0.5) is 0 Å². The van der Waals surface area contributed by atoms with Gasteiger partial charge < -0.3 is 14.2 Å². The molecule has 0 saturated carbocycles. The predicted molar refractivity (Wildman–Crippen MR) is 275 cm³/mol. The van der Waals surface area contributed by atoms with E-state index in [4.69, 9.17) is 14.2 Å². The average Bonchev–Trinajstić information content (AvgIpc) is 3.28. The van der Waals surface area contributed by atoms with Gasteiger partial charge >= 0.3 is 17.9 Å². The van der Waals surface area contributed by atoms with Gasteiger partial charge in [0.25, 0.3) is 0 Å². The molecule has 0 spiro atoms. The highest BCUT2D eigenvalue weighted by Gasteiger charge is 2.19. The van der Waals surface area contributed by atoms with Gasteiger partial charge in [-0.3, -0.25) is 14.4 Å². The second-order valence-electron chi connectivity index (χ2n) is 20.9. The minimum atomic E-state index is -0.764. The van der Waals surface area contributed by atoms with Gasteiger partial charge in [0.2, 0.25) is 0 Å². The minimum Gasteiger partial charge on any atom is -0.462 e. The molecule has 2 unspecified atom stereocenters. The fourth-order valence-corrected chi connectivity index (χ4v) is 8.76. The van der Waals surface area contributed by atoms with Crippen molar-refractivity contribution in [2.24, 2.45) is 17.8 Å². The van der Waals surface area contributed by atoms with Gasteiger partial charge in [0.15, 0.2) is 6.10 Å². The largest absolute Gasteiger partial charge is 0.462 e. The molecule has 0 aliphatic heterocycles. The average molecular weight is 906 g/mol. The molecule has 6 heteroatoms. The summed E-state index contributed by atoms with van der Waals surface area (Å²) in [6, 6.07) is 0. The van der Waals surface area contributed by atoms with Crippen molar-refractivity contribution in [1.82, 2.24) is 0 Å². The molecule has 380 valence electrons. The van der Waals surface area contributed by atoms with E-state index in [1.54, 1.807) is 0 Å². The number of rotatable bonds is 51. The van der Waals surface area contributed by atoms with Crippen LogP contribution in [0.5, 0.6) is 0 Å². The Hall–Kier alpha value is -1.59. The summed E-state index contributed by atoms with van der Waals surface area (Å²) in [6.07, 6.45) is 50.8. The van der Waals surface area contributed by atoms with Gasteiger partial charge in [0.05, 0.1) is 0 Å². The van der Waals surface area contributed by atoms with Crippen molar-refractivity contribution in [1.29, 1.82) is 0 Å². The molecule has 0 heterocycles. The van der Waals surface area contributed by atoms with Crippen LogP contribution in [-0.4, -0.2) is 37.2 Å². The molecule has 0 aromatic rings. The summed E-state index contributed by atoms with van der Waals surface area (Å²) in [5, 5.41) is 0. The Kier molecular flexibility index (Phi) is 48.1. The van der Waals surface area contributed by atoms with Crippen molar-refractivity contribution in [3.05, 3.63) is 0 Å². The Labute approximate surface area is 399 Å². The zero-order valence-corrected chi connectivity index (χ0v) is 44.1. The first-order chi connectivity index (χ1) is 31.2. The topological polar surface area (TPSA) is 78.9 Å². The molecular formula is C58H112O6. The summed E-state index contributed by atoms with van der Waals surface area (Å²) < 4.78 is 16.9. The van der Waals surface area contributed by atoms with E-state index >= 15 is 0 Å². The lowest BCUT2D eigenvalue weighted by Gasteiger charge is -2.18. The summed E-state index contributed by atoms with van der Waals surface area (Å²) in [5.41, 5.74) is 0. The van der Waals surface area contributed by atoms with Crippen molar-refractivity contribution in [2.75, 3.05) is 13.2 Å². The van der Waals surface area contributed by atoms with Crippen LogP contribution < -0.4 is 0 Å². The fraction of sp³-hybridized carbons (Fsp3) is 0.948. The van der Waals surface area contributed by atoms with Crippen LogP contribution in [0.25, 0.3) is 0 Å². The third-order valence-electron chi connectivity index (χ3n) is 13.9. The Morgan fingerprint density at radius 2 is 0.547 bits per heavy atom. The normalized spacial score (nSPS) is 13.0. The summed E-state index contributed by atoms with van der Waals surface area (Å²) in [5.74, 6) is 1.75. The molecule has 0 aliphatic carbocycles. The van der Waals surface area contributed by atoms with Gasteiger partial charge in [-0.1, -0.05) is 279 Å². The van der Waals surface area contributed by atoms with E-state index in [9.17, 15) is 14.4 Å². The molecule has 0 saturated heterocycles. The van der Waals surface area contributed by atoms with E-state index in [0.29, 0.717) is 19.3 Å². The first kappa shape index (κ1) is 62.4. The van der Waals surface area contributed by atoms with E-state index in [-0.39, 0.29) is 31.1 Å². The molecule has 0 fully saturated rings. The van der Waals surface area contributed by atoms with Crippen LogP contribution in [0.15, 0.2) is 0 Å². The van der Waals surface area contributed by atoms with Crippen LogP contribution in [-0.2, 0) is 28.6 Å². The number of carbonyl (C=O) groups excluding carboxylic acids is 3. The van der Waals surface area contributed by atoms with Gasteiger partial charge in [-0.2, -0.15) is 0 Å². The summed E-state index contributed by atoms with van der Waals surface area (Å²) >= 11 is 0. The number of carbonyl (C=O) groups is 3. The maximum atomic E-state index is 12.9. The Bertz CT molecular complexity index is 995. The van der Waals surface area contributed by atoms with E-state index < -0.39 is 6.10 Å². The van der Waals surface area contributed by atoms with E-state index in [1.807, 2.05) is 0 Å². The molecule has 3 atom stereocenters. The Balaban J connectivity index is 4.32. The second kappa shape index (κ2) is 49.3. The minimum absolute atomic E-state index is 0.0639. The molecule has 0 rings (SSSR count). The first-order valence-corrected chi connectivity index (χ1v) is 28.7. The number of ether oxygens (including phenoxy) is 3. The number of hydrogen-bond donors (Lipinski definition) is 0. The zero-order valence-electron chi connectivity index (χ0n) is 44.1. The van der Waals surface area contributed by atoms with Crippen LogP contribution in [0, 0.1) is 17.8 Å². The molecular weight excluding hydrogens is 793 g/mol. The van der Waals surface area contributed by atoms with Crippen LogP contribution in [0.3, 0.4) is 0 Å². The maximum Gasteiger partial charge on any atom is 0.306 e. The van der Waals surface area contributed by atoms with E-state index in [2.05, 4.69) is 41.5 Å². The third kappa shape index (κ3) is 48.3. The highest BCUT2D eigenvalue weighted by atomic mass is 16.6. The highest BCUT2D eigenvalue weighted by molar-refractivity contribution is 5.71. The molecule has 0 amide bonds. The van der Waals surface area contributed by atoms with Crippen molar-refractivity contribution in [3.63, 3.8) is 0 Å². The smallest absolute Gasteiger partial charge is 0.306 e. The monoisotopic (exact) mass is 905 g/mol. The first-order valence-electron chi connectivity index (χ1n) is 28.7. The van der Waals surface area contributed by atoms with Crippen molar-refractivity contribution in [3.8, 4) is 0 Å². The standard InChI is InChI=1S/C58H112O6/c1-7-53(5)45-39-33-27-21-15-11-9-10-12-16-25-31-37-43-49-58(61)64-55(50-62-56(59)47-41-35-29-23-17-13-14-20-26-32-38-44-52(3)4)51-63-57(60)48-42-36-30-24-19-18-22-28-34-40-46-54(6)8-2/h52-55H,7-51H2,1-6H3/t53?,54?,55-/m1/s1. The second-order valence-corrected chi connectivity index (χ2v) is 20.9. The molecule has 0 N–H and O–H groups in total. The van der Waals surface area contributed by atoms with Crippen LogP contribution in [0.1, 0.15) is 318 Å². The molecule has 64 heavy (non-hydrogen) atoms. The number of unbranched alkanes of at least 4 members (excludes halogenated alkanes) is 32. The van der Waals surface area contributed by atoms with E-state index in [0.717, 1.165) is 75.5 Å². The summed E-state index contributed by atoms with van der Waals surface area (Å²) in [4.78, 5) is 38.1. The van der Waals surface area contributed by atoms with Crippen LogP contribution >= 0.6 is 0 Å². The summed E-state index contributed by atoms with van der Waals surface area (Å²) in [6.45, 7) is 13.8. The third-order valence-corrected chi connectivity index (χ3v) is 13.9. The zero-order chi connectivity index (χ0) is 47.0. The van der Waals surface area contributed by atoms with Gasteiger partial charge in [0.1, 0.15) is 13.2 Å². The quantitative estimate of drug-likeness (QED) is 0.0344. The molecule has 0 bridgehead atoms. The Morgan fingerprint density at radius 3 is 0.812 bits per heavy atom. The number of hydrogen-bond acceptors (Lipinski definition) is 6. The van der Waals surface area contributed by atoms with Crippen molar-refractivity contribution < 1.29 is 28.6 Å². The molecule has 0 aromatic heterocycles.